The Hall–Kier alpha value is -2.08. The lowest BCUT2D eigenvalue weighted by molar-refractivity contribution is 0.301. The monoisotopic (exact) mass is 320 g/mol. The number of hydrogen-bond donors (Lipinski definition) is 1. The van der Waals surface area contributed by atoms with Gasteiger partial charge < -0.3 is 4.74 Å². The number of nitrogens with one attached hydrogen (secondary N) is 1. The van der Waals surface area contributed by atoms with Crippen LogP contribution in [0, 0.1) is 6.92 Å². The molecule has 0 spiro atoms. The third-order valence-electron chi connectivity index (χ3n) is 3.05. The molecule has 0 saturated carbocycles. The van der Waals surface area contributed by atoms with E-state index in [2.05, 4.69) is 16.6 Å². The van der Waals surface area contributed by atoms with Crippen LogP contribution in [0.15, 0.2) is 47.5 Å². The summed E-state index contributed by atoms with van der Waals surface area (Å²) in [5.74, 6) is 0.644. The van der Waals surface area contributed by atoms with Crippen molar-refractivity contribution in [2.24, 2.45) is 0 Å². The first-order valence-electron chi connectivity index (χ1n) is 7.20. The number of ether oxygens (including phenoxy) is 1. The molecule has 0 atom stereocenters. The quantitative estimate of drug-likeness (QED) is 0.794. The van der Waals surface area contributed by atoms with E-state index < -0.39 is 10.0 Å². The van der Waals surface area contributed by atoms with Crippen LogP contribution in [0.25, 0.3) is 0 Å². The van der Waals surface area contributed by atoms with Crippen LogP contribution in [-0.4, -0.2) is 20.0 Å². The van der Waals surface area contributed by atoms with Crippen molar-refractivity contribution in [2.45, 2.75) is 31.6 Å². The van der Waals surface area contributed by atoms with Crippen LogP contribution in [-0.2, 0) is 10.0 Å². The van der Waals surface area contributed by atoms with E-state index in [1.165, 1.54) is 6.20 Å². The van der Waals surface area contributed by atoms with Crippen molar-refractivity contribution >= 4 is 15.8 Å². The van der Waals surface area contributed by atoms with Crippen LogP contribution in [0.3, 0.4) is 0 Å². The van der Waals surface area contributed by atoms with Crippen molar-refractivity contribution in [3.63, 3.8) is 0 Å². The highest BCUT2D eigenvalue weighted by molar-refractivity contribution is 7.92. The molecule has 5 nitrogen and oxygen atoms in total. The van der Waals surface area contributed by atoms with Crippen LogP contribution in [0.4, 0.5) is 5.82 Å². The second-order valence-electron chi connectivity index (χ2n) is 4.97. The number of rotatable bonds is 7. The van der Waals surface area contributed by atoms with E-state index in [0.29, 0.717) is 12.4 Å². The summed E-state index contributed by atoms with van der Waals surface area (Å²) in [5.41, 5.74) is 0.851. The molecule has 0 saturated heterocycles. The van der Waals surface area contributed by atoms with Crippen LogP contribution < -0.4 is 9.46 Å². The summed E-state index contributed by atoms with van der Waals surface area (Å²) >= 11 is 0. The fourth-order valence-electron chi connectivity index (χ4n) is 1.89. The standard InChI is InChI=1S/C16H20N2O3S/c1-3-4-11-21-14-9-8-13(2)12-15(14)22(19,20)18-16-7-5-6-10-17-16/h5-10,12H,3-4,11H2,1-2H3,(H,17,18). The summed E-state index contributed by atoms with van der Waals surface area (Å²) in [4.78, 5) is 4.12. The first kappa shape index (κ1) is 16.3. The van der Waals surface area contributed by atoms with Crippen molar-refractivity contribution in [3.05, 3.63) is 48.2 Å². The van der Waals surface area contributed by atoms with Gasteiger partial charge in [-0.1, -0.05) is 25.5 Å². The van der Waals surface area contributed by atoms with Gasteiger partial charge >= 0.3 is 0 Å². The second kappa shape index (κ2) is 7.26. The molecule has 0 aliphatic heterocycles. The van der Waals surface area contributed by atoms with Crippen LogP contribution in [0.2, 0.25) is 0 Å². The summed E-state index contributed by atoms with van der Waals surface area (Å²) in [6.07, 6.45) is 3.40. The van der Waals surface area contributed by atoms with Crippen molar-refractivity contribution in [2.75, 3.05) is 11.3 Å². The van der Waals surface area contributed by atoms with Crippen molar-refractivity contribution in [1.82, 2.24) is 4.98 Å². The number of aryl methyl sites for hydroxylation is 1. The lowest BCUT2D eigenvalue weighted by atomic mass is 10.2. The third kappa shape index (κ3) is 4.21. The van der Waals surface area contributed by atoms with Gasteiger partial charge in [-0.15, -0.1) is 0 Å². The highest BCUT2D eigenvalue weighted by Gasteiger charge is 2.20. The van der Waals surface area contributed by atoms with E-state index in [1.54, 1.807) is 30.3 Å². The van der Waals surface area contributed by atoms with Crippen LogP contribution in [0.1, 0.15) is 25.3 Å². The fraction of sp³-hybridized carbons (Fsp3) is 0.312. The molecule has 6 heteroatoms. The molecule has 0 unspecified atom stereocenters. The normalized spacial score (nSPS) is 11.2. The molecule has 1 heterocycles. The number of nitrogens with zero attached hydrogens (tertiary/aromatic N) is 1. The molecule has 0 amide bonds. The molecule has 1 aromatic heterocycles. The van der Waals surface area contributed by atoms with Crippen molar-refractivity contribution in [3.8, 4) is 5.75 Å². The van der Waals surface area contributed by atoms with Gasteiger partial charge in [0, 0.05) is 6.20 Å². The average Bonchev–Trinajstić information content (AvgIpc) is 2.49. The maximum atomic E-state index is 12.6. The zero-order chi connectivity index (χ0) is 16.0. The molecule has 2 aromatic rings. The topological polar surface area (TPSA) is 68.3 Å². The minimum Gasteiger partial charge on any atom is -0.492 e. The summed E-state index contributed by atoms with van der Waals surface area (Å²) in [6.45, 7) is 4.39. The molecule has 0 radical (unpaired) electrons. The van der Waals surface area contributed by atoms with Crippen molar-refractivity contribution < 1.29 is 13.2 Å². The molecule has 1 N–H and O–H groups in total. The predicted octanol–water partition coefficient (Wildman–Crippen LogP) is 3.37. The second-order valence-corrected chi connectivity index (χ2v) is 6.62. The van der Waals surface area contributed by atoms with E-state index in [9.17, 15) is 8.42 Å². The Balaban J connectivity index is 2.30. The van der Waals surface area contributed by atoms with Crippen LogP contribution in [0.5, 0.6) is 5.75 Å². The minimum atomic E-state index is -3.74. The van der Waals surface area contributed by atoms with Gasteiger partial charge in [0.25, 0.3) is 10.0 Å². The van der Waals surface area contributed by atoms with Crippen LogP contribution >= 0.6 is 0 Å². The summed E-state index contributed by atoms with van der Waals surface area (Å²) < 4.78 is 33.2. The lowest BCUT2D eigenvalue weighted by Gasteiger charge is -2.13. The molecule has 0 aliphatic carbocycles. The molecular formula is C16H20N2O3S. The predicted molar refractivity (Wildman–Crippen MR) is 86.6 cm³/mol. The third-order valence-corrected chi connectivity index (χ3v) is 4.42. The lowest BCUT2D eigenvalue weighted by Crippen LogP contribution is -2.15. The van der Waals surface area contributed by atoms with E-state index in [0.717, 1.165) is 18.4 Å². The van der Waals surface area contributed by atoms with Crippen molar-refractivity contribution in [1.29, 1.82) is 0 Å². The molecule has 2 rings (SSSR count). The maximum absolute atomic E-state index is 12.6. The molecule has 22 heavy (non-hydrogen) atoms. The molecular weight excluding hydrogens is 300 g/mol. The van der Waals surface area contributed by atoms with E-state index >= 15 is 0 Å². The first-order valence-corrected chi connectivity index (χ1v) is 8.68. The Morgan fingerprint density at radius 1 is 1.23 bits per heavy atom. The highest BCUT2D eigenvalue weighted by Crippen LogP contribution is 2.27. The number of sulfonamides is 1. The largest absolute Gasteiger partial charge is 0.492 e. The molecule has 1 aromatic carbocycles. The fourth-order valence-corrected chi connectivity index (χ4v) is 3.13. The van der Waals surface area contributed by atoms with Gasteiger partial charge in [0.2, 0.25) is 0 Å². The van der Waals surface area contributed by atoms with E-state index in [4.69, 9.17) is 4.74 Å². The number of benzene rings is 1. The molecule has 118 valence electrons. The summed E-state index contributed by atoms with van der Waals surface area (Å²) in [5, 5.41) is 0. The van der Waals surface area contributed by atoms with Gasteiger partial charge in [-0.05, 0) is 43.2 Å². The summed E-state index contributed by atoms with van der Waals surface area (Å²) in [7, 11) is -3.74. The smallest absolute Gasteiger partial charge is 0.266 e. The Morgan fingerprint density at radius 3 is 2.73 bits per heavy atom. The SMILES string of the molecule is CCCCOc1ccc(C)cc1S(=O)(=O)Nc1ccccn1. The molecule has 0 fully saturated rings. The van der Waals surface area contributed by atoms with Gasteiger partial charge in [-0.2, -0.15) is 0 Å². The number of anilines is 1. The molecule has 0 bridgehead atoms. The van der Waals surface area contributed by atoms with Gasteiger partial charge in [-0.25, -0.2) is 13.4 Å². The average molecular weight is 320 g/mol. The zero-order valence-electron chi connectivity index (χ0n) is 12.7. The maximum Gasteiger partial charge on any atom is 0.266 e. The number of unbranched alkanes of at least 4 members (excludes halogenated alkanes) is 1. The van der Waals surface area contributed by atoms with Gasteiger partial charge in [0.1, 0.15) is 16.5 Å². The number of hydrogen-bond acceptors (Lipinski definition) is 4. The van der Waals surface area contributed by atoms with Gasteiger partial charge in [0.15, 0.2) is 0 Å². The van der Waals surface area contributed by atoms with E-state index in [-0.39, 0.29) is 10.7 Å². The Kier molecular flexibility index (Phi) is 5.38. The Labute approximate surface area is 131 Å². The first-order chi connectivity index (χ1) is 10.5. The molecule has 0 aliphatic rings. The number of aromatic nitrogens is 1. The Morgan fingerprint density at radius 2 is 2.05 bits per heavy atom. The van der Waals surface area contributed by atoms with E-state index in [1.807, 2.05) is 13.0 Å². The Bertz CT molecular complexity index is 715. The highest BCUT2D eigenvalue weighted by atomic mass is 32.2. The number of pyridine rings is 1. The zero-order valence-corrected chi connectivity index (χ0v) is 13.6. The van der Waals surface area contributed by atoms with Gasteiger partial charge in [0.05, 0.1) is 6.61 Å². The minimum absolute atomic E-state index is 0.134. The summed E-state index contributed by atoms with van der Waals surface area (Å²) in [6, 6.07) is 10.2. The van der Waals surface area contributed by atoms with Gasteiger partial charge in [-0.3, -0.25) is 4.72 Å².